The van der Waals surface area contributed by atoms with Crippen LogP contribution in [0.1, 0.15) is 0 Å². The minimum Gasteiger partial charge on any atom is -0.399 e. The molecule has 0 aromatic rings. The van der Waals surface area contributed by atoms with Gasteiger partial charge in [0.2, 0.25) is 0 Å². The first-order valence-corrected chi connectivity index (χ1v) is 3.15. The third-order valence-electron chi connectivity index (χ3n) is 0.734. The molecule has 0 aliphatic heterocycles. The summed E-state index contributed by atoms with van der Waals surface area (Å²) in [6, 6.07) is 0. The molecule has 0 aliphatic carbocycles. The SMILES string of the molecule is C=C/C=C(Cl)\C=C/C(=C)N. The average molecular weight is 156 g/mol. The minimum atomic E-state index is 0.482. The number of rotatable bonds is 3. The lowest BCUT2D eigenvalue weighted by Crippen LogP contribution is -1.87. The Hall–Kier alpha value is -0.950. The van der Waals surface area contributed by atoms with E-state index < -0.39 is 0 Å². The zero-order chi connectivity index (χ0) is 7.98. The Labute approximate surface area is 66.2 Å². The van der Waals surface area contributed by atoms with Crippen LogP contribution in [0.15, 0.2) is 48.2 Å². The maximum atomic E-state index is 5.63. The lowest BCUT2D eigenvalue weighted by molar-refractivity contribution is 1.45. The Morgan fingerprint density at radius 3 is 2.40 bits per heavy atom. The summed E-state index contributed by atoms with van der Waals surface area (Å²) in [5, 5.41) is 0.585. The Bertz CT molecular complexity index is 189. The molecule has 0 aromatic carbocycles. The fourth-order valence-corrected chi connectivity index (χ4v) is 0.507. The van der Waals surface area contributed by atoms with Crippen molar-refractivity contribution in [3.05, 3.63) is 48.2 Å². The van der Waals surface area contributed by atoms with Gasteiger partial charge in [0.1, 0.15) is 0 Å². The number of hydrogen-bond donors (Lipinski definition) is 1. The van der Waals surface area contributed by atoms with Crippen molar-refractivity contribution in [2.75, 3.05) is 0 Å². The molecule has 2 heteroatoms. The Morgan fingerprint density at radius 2 is 2.00 bits per heavy atom. The summed E-state index contributed by atoms with van der Waals surface area (Å²) in [7, 11) is 0. The van der Waals surface area contributed by atoms with Crippen LogP contribution < -0.4 is 5.73 Å². The fourth-order valence-electron chi connectivity index (χ4n) is 0.355. The van der Waals surface area contributed by atoms with Crippen LogP contribution in [0, 0.1) is 0 Å². The van der Waals surface area contributed by atoms with Crippen LogP contribution >= 0.6 is 11.6 Å². The molecular weight excluding hydrogens is 146 g/mol. The summed E-state index contributed by atoms with van der Waals surface area (Å²) in [5.41, 5.74) is 5.73. The molecule has 1 nitrogen and oxygen atoms in total. The van der Waals surface area contributed by atoms with E-state index in [1.807, 2.05) is 0 Å². The first kappa shape index (κ1) is 9.05. The molecule has 0 rings (SSSR count). The largest absolute Gasteiger partial charge is 0.399 e. The lowest BCUT2D eigenvalue weighted by atomic mass is 10.4. The molecule has 0 fully saturated rings. The first-order chi connectivity index (χ1) is 4.66. The van der Waals surface area contributed by atoms with E-state index in [-0.39, 0.29) is 0 Å². The number of halogens is 1. The Kier molecular flexibility index (Phi) is 4.42. The van der Waals surface area contributed by atoms with Gasteiger partial charge in [0.15, 0.2) is 0 Å². The monoisotopic (exact) mass is 155 g/mol. The van der Waals surface area contributed by atoms with E-state index in [1.54, 1.807) is 24.3 Å². The van der Waals surface area contributed by atoms with E-state index in [0.717, 1.165) is 0 Å². The number of hydrogen-bond acceptors (Lipinski definition) is 1. The maximum absolute atomic E-state index is 5.63. The second kappa shape index (κ2) is 4.89. The highest BCUT2D eigenvalue weighted by Crippen LogP contribution is 2.03. The van der Waals surface area contributed by atoms with Gasteiger partial charge in [0.05, 0.1) is 0 Å². The Balaban J connectivity index is 4.01. The number of allylic oxidation sites excluding steroid dienone is 5. The van der Waals surface area contributed by atoms with Gasteiger partial charge in [-0.25, -0.2) is 0 Å². The van der Waals surface area contributed by atoms with Crippen molar-refractivity contribution in [3.8, 4) is 0 Å². The third kappa shape index (κ3) is 5.19. The quantitative estimate of drug-likeness (QED) is 0.622. The zero-order valence-corrected chi connectivity index (χ0v) is 6.43. The molecule has 0 aliphatic rings. The van der Waals surface area contributed by atoms with Crippen LogP contribution in [-0.2, 0) is 0 Å². The molecule has 0 heterocycles. The van der Waals surface area contributed by atoms with Crippen molar-refractivity contribution < 1.29 is 0 Å². The molecule has 0 aromatic heterocycles. The normalized spacial score (nSPS) is 11.9. The van der Waals surface area contributed by atoms with Gasteiger partial charge in [-0.3, -0.25) is 0 Å². The van der Waals surface area contributed by atoms with Crippen LogP contribution in [0.5, 0.6) is 0 Å². The van der Waals surface area contributed by atoms with E-state index in [2.05, 4.69) is 13.2 Å². The standard InChI is InChI=1S/C8H10ClN/c1-3-4-8(9)6-5-7(2)10/h3-6H,1-2,10H2/b6-5-,8-4+. The van der Waals surface area contributed by atoms with E-state index in [9.17, 15) is 0 Å². The van der Waals surface area contributed by atoms with E-state index in [0.29, 0.717) is 10.7 Å². The van der Waals surface area contributed by atoms with Crippen LogP contribution in [0.4, 0.5) is 0 Å². The van der Waals surface area contributed by atoms with Gasteiger partial charge < -0.3 is 5.73 Å². The van der Waals surface area contributed by atoms with Crippen molar-refractivity contribution >= 4 is 11.6 Å². The maximum Gasteiger partial charge on any atom is 0.0406 e. The molecule has 0 saturated heterocycles. The second-order valence-electron chi connectivity index (χ2n) is 1.70. The summed E-state index contributed by atoms with van der Waals surface area (Å²) < 4.78 is 0. The van der Waals surface area contributed by atoms with Crippen LogP contribution in [0.2, 0.25) is 0 Å². The summed E-state index contributed by atoms with van der Waals surface area (Å²) in [6.45, 7) is 6.95. The second-order valence-corrected chi connectivity index (χ2v) is 2.13. The van der Waals surface area contributed by atoms with Gasteiger partial charge >= 0.3 is 0 Å². The van der Waals surface area contributed by atoms with Crippen molar-refractivity contribution in [2.45, 2.75) is 0 Å². The molecule has 0 unspecified atom stereocenters. The van der Waals surface area contributed by atoms with Crippen molar-refractivity contribution in [3.63, 3.8) is 0 Å². The summed E-state index contributed by atoms with van der Waals surface area (Å²) in [4.78, 5) is 0. The molecule has 0 amide bonds. The lowest BCUT2D eigenvalue weighted by Gasteiger charge is -1.85. The summed E-state index contributed by atoms with van der Waals surface area (Å²) >= 11 is 5.63. The van der Waals surface area contributed by atoms with Crippen molar-refractivity contribution in [2.24, 2.45) is 5.73 Å². The molecule has 0 atom stereocenters. The molecule has 10 heavy (non-hydrogen) atoms. The third-order valence-corrected chi connectivity index (χ3v) is 0.986. The first-order valence-electron chi connectivity index (χ1n) is 2.77. The molecule has 2 N–H and O–H groups in total. The van der Waals surface area contributed by atoms with Gasteiger partial charge in [0.25, 0.3) is 0 Å². The van der Waals surface area contributed by atoms with E-state index in [1.165, 1.54) is 0 Å². The topological polar surface area (TPSA) is 26.0 Å². The van der Waals surface area contributed by atoms with Gasteiger partial charge in [-0.1, -0.05) is 30.8 Å². The van der Waals surface area contributed by atoms with Crippen molar-refractivity contribution in [1.82, 2.24) is 0 Å². The summed E-state index contributed by atoms with van der Waals surface area (Å²) in [6.07, 6.45) is 6.56. The Morgan fingerprint density at radius 1 is 1.40 bits per heavy atom. The number of nitrogens with two attached hydrogens (primary N) is 1. The fraction of sp³-hybridized carbons (Fsp3) is 0. The molecule has 0 radical (unpaired) electrons. The highest BCUT2D eigenvalue weighted by atomic mass is 35.5. The van der Waals surface area contributed by atoms with Gasteiger partial charge in [-0.15, -0.1) is 0 Å². The van der Waals surface area contributed by atoms with Gasteiger partial charge in [-0.05, 0) is 18.2 Å². The predicted molar refractivity (Wildman–Crippen MR) is 46.6 cm³/mol. The zero-order valence-electron chi connectivity index (χ0n) is 5.68. The van der Waals surface area contributed by atoms with Gasteiger partial charge in [-0.2, -0.15) is 0 Å². The predicted octanol–water partition coefficient (Wildman–Crippen LogP) is 2.32. The molecule has 0 bridgehead atoms. The molecular formula is C8H10ClN. The smallest absolute Gasteiger partial charge is 0.0406 e. The minimum absolute atomic E-state index is 0.482. The average Bonchev–Trinajstić information content (AvgIpc) is 1.85. The molecule has 0 saturated carbocycles. The highest BCUT2D eigenvalue weighted by Gasteiger charge is 1.79. The highest BCUT2D eigenvalue weighted by molar-refractivity contribution is 6.31. The van der Waals surface area contributed by atoms with E-state index >= 15 is 0 Å². The molecule has 54 valence electrons. The van der Waals surface area contributed by atoms with Crippen LogP contribution in [0.25, 0.3) is 0 Å². The van der Waals surface area contributed by atoms with Crippen LogP contribution in [-0.4, -0.2) is 0 Å². The summed E-state index contributed by atoms with van der Waals surface area (Å²) in [5.74, 6) is 0. The van der Waals surface area contributed by atoms with Gasteiger partial charge in [0, 0.05) is 10.7 Å². The van der Waals surface area contributed by atoms with E-state index in [4.69, 9.17) is 17.3 Å². The van der Waals surface area contributed by atoms with Crippen molar-refractivity contribution in [1.29, 1.82) is 0 Å². The van der Waals surface area contributed by atoms with Crippen LogP contribution in [0.3, 0.4) is 0 Å². The molecule has 0 spiro atoms.